The third-order valence-electron chi connectivity index (χ3n) is 5.62. The highest BCUT2D eigenvalue weighted by Crippen LogP contribution is 2.43. The first-order valence-corrected chi connectivity index (χ1v) is 11.0. The Labute approximate surface area is 184 Å². The van der Waals surface area contributed by atoms with E-state index in [2.05, 4.69) is 32.5 Å². The number of carbonyl (C=O) groups excluding carboxylic acids is 2. The van der Waals surface area contributed by atoms with E-state index in [1.165, 1.54) is 0 Å². The number of likely N-dealkylation sites (tertiary alicyclic amines) is 1. The molecule has 1 aromatic carbocycles. The predicted octanol–water partition coefficient (Wildman–Crippen LogP) is 3.59. The zero-order chi connectivity index (χ0) is 21.6. The van der Waals surface area contributed by atoms with Crippen molar-refractivity contribution in [3.8, 4) is 5.75 Å². The molecule has 0 saturated carbocycles. The highest BCUT2D eigenvalue weighted by molar-refractivity contribution is 9.10. The van der Waals surface area contributed by atoms with E-state index in [0.29, 0.717) is 31.4 Å². The first-order valence-electron chi connectivity index (χ1n) is 10.2. The Hall–Kier alpha value is -2.29. The first kappa shape index (κ1) is 21.0. The van der Waals surface area contributed by atoms with Crippen molar-refractivity contribution >= 4 is 39.5 Å². The van der Waals surface area contributed by atoms with Crippen molar-refractivity contribution in [3.63, 3.8) is 0 Å². The molecule has 2 amide bonds. The summed E-state index contributed by atoms with van der Waals surface area (Å²) in [6.07, 6.45) is 1.43. The molecule has 1 aromatic rings. The first-order chi connectivity index (χ1) is 14.1. The molecule has 4 rings (SSSR count). The maximum absolute atomic E-state index is 12.4. The molecule has 30 heavy (non-hydrogen) atoms. The summed E-state index contributed by atoms with van der Waals surface area (Å²) in [5.74, 6) is 1.58. The number of nitrogens with zero attached hydrogens (tertiary/aromatic N) is 3. The number of amidine groups is 1. The Kier molecular flexibility index (Phi) is 5.42. The van der Waals surface area contributed by atoms with Gasteiger partial charge in [0.25, 0.3) is 5.91 Å². The van der Waals surface area contributed by atoms with Gasteiger partial charge in [-0.2, -0.15) is 5.10 Å². The molecule has 0 aromatic heterocycles. The number of rotatable bonds is 1. The van der Waals surface area contributed by atoms with Crippen LogP contribution in [0, 0.1) is 0 Å². The lowest BCUT2D eigenvalue weighted by Crippen LogP contribution is -2.55. The summed E-state index contributed by atoms with van der Waals surface area (Å²) < 4.78 is 12.4. The van der Waals surface area contributed by atoms with E-state index in [4.69, 9.17) is 9.47 Å². The van der Waals surface area contributed by atoms with Crippen molar-refractivity contribution in [2.75, 3.05) is 24.6 Å². The number of nitrogens with one attached hydrogen (secondary N) is 1. The Balaban J connectivity index is 1.54. The predicted molar refractivity (Wildman–Crippen MR) is 117 cm³/mol. The fraction of sp³-hybridized carbons (Fsp3) is 0.571. The van der Waals surface area contributed by atoms with Crippen LogP contribution in [0.5, 0.6) is 5.75 Å². The van der Waals surface area contributed by atoms with Crippen LogP contribution < -0.4 is 15.1 Å². The van der Waals surface area contributed by atoms with Gasteiger partial charge >= 0.3 is 6.09 Å². The van der Waals surface area contributed by atoms with Crippen LogP contribution in [0.25, 0.3) is 0 Å². The van der Waals surface area contributed by atoms with Crippen molar-refractivity contribution in [2.24, 2.45) is 5.10 Å². The lowest BCUT2D eigenvalue weighted by molar-refractivity contribution is -0.122. The van der Waals surface area contributed by atoms with Crippen molar-refractivity contribution in [1.29, 1.82) is 0 Å². The summed E-state index contributed by atoms with van der Waals surface area (Å²) >= 11 is 3.70. The zero-order valence-electron chi connectivity index (χ0n) is 17.7. The van der Waals surface area contributed by atoms with Crippen LogP contribution in [0.2, 0.25) is 0 Å². The summed E-state index contributed by atoms with van der Waals surface area (Å²) in [6, 6.07) is 3.71. The quantitative estimate of drug-likeness (QED) is 0.666. The third kappa shape index (κ3) is 3.99. The van der Waals surface area contributed by atoms with Crippen LogP contribution in [-0.2, 0) is 9.53 Å². The number of hydrazone groups is 1. The molecular weight excluding hydrogens is 452 g/mol. The second-order valence-corrected chi connectivity index (χ2v) is 9.78. The van der Waals surface area contributed by atoms with E-state index in [0.717, 1.165) is 34.3 Å². The van der Waals surface area contributed by atoms with E-state index in [1.54, 1.807) is 4.90 Å². The molecule has 8 nitrogen and oxygen atoms in total. The minimum absolute atomic E-state index is 0.137. The van der Waals surface area contributed by atoms with E-state index in [1.807, 2.05) is 38.7 Å². The van der Waals surface area contributed by atoms with Crippen LogP contribution >= 0.6 is 15.9 Å². The van der Waals surface area contributed by atoms with Gasteiger partial charge in [-0.05, 0) is 64.2 Å². The molecule has 1 N–H and O–H groups in total. The number of hydrogen-bond acceptors (Lipinski definition) is 6. The van der Waals surface area contributed by atoms with Crippen molar-refractivity contribution in [2.45, 2.75) is 58.1 Å². The lowest BCUT2D eigenvalue weighted by Gasteiger charge is -2.39. The number of halogens is 1. The Bertz CT molecular complexity index is 903. The van der Waals surface area contributed by atoms with Gasteiger partial charge in [-0.25, -0.2) is 10.2 Å². The molecule has 3 heterocycles. The fourth-order valence-corrected chi connectivity index (χ4v) is 4.72. The van der Waals surface area contributed by atoms with Gasteiger partial charge in [0, 0.05) is 17.6 Å². The highest BCUT2D eigenvalue weighted by atomic mass is 79.9. The smallest absolute Gasteiger partial charge is 0.410 e. The second-order valence-electron chi connectivity index (χ2n) is 8.92. The Morgan fingerprint density at radius 2 is 2.00 bits per heavy atom. The van der Waals surface area contributed by atoms with Gasteiger partial charge in [0.2, 0.25) is 0 Å². The molecule has 0 bridgehead atoms. The number of piperidine rings is 1. The summed E-state index contributed by atoms with van der Waals surface area (Å²) in [5.41, 5.74) is 4.07. The molecule has 9 heteroatoms. The van der Waals surface area contributed by atoms with Crippen LogP contribution in [-0.4, -0.2) is 54.1 Å². The average molecular weight is 479 g/mol. The summed E-state index contributed by atoms with van der Waals surface area (Å²) in [5, 5.41) is 4.15. The molecule has 0 radical (unpaired) electrons. The number of fused-ring (bicyclic) bond motifs is 3. The monoisotopic (exact) mass is 478 g/mol. The molecule has 0 aliphatic carbocycles. The van der Waals surface area contributed by atoms with Gasteiger partial charge in [-0.3, -0.25) is 4.79 Å². The highest BCUT2D eigenvalue weighted by Gasteiger charge is 2.36. The van der Waals surface area contributed by atoms with E-state index in [9.17, 15) is 9.59 Å². The number of amides is 2. The van der Waals surface area contributed by atoms with Crippen LogP contribution in [0.4, 0.5) is 10.5 Å². The largest absolute Gasteiger partial charge is 0.483 e. The van der Waals surface area contributed by atoms with Gasteiger partial charge < -0.3 is 19.3 Å². The average Bonchev–Trinajstić information content (AvgIpc) is 2.69. The summed E-state index contributed by atoms with van der Waals surface area (Å²) in [4.78, 5) is 28.2. The molecule has 1 fully saturated rings. The van der Waals surface area contributed by atoms with E-state index >= 15 is 0 Å². The third-order valence-corrected chi connectivity index (χ3v) is 6.31. The van der Waals surface area contributed by atoms with Crippen molar-refractivity contribution in [3.05, 3.63) is 22.2 Å². The van der Waals surface area contributed by atoms with Gasteiger partial charge in [0.1, 0.15) is 24.0 Å². The lowest BCUT2D eigenvalue weighted by atomic mass is 9.88. The molecule has 162 valence electrons. The number of ether oxygens (including phenoxy) is 2. The summed E-state index contributed by atoms with van der Waals surface area (Å²) in [7, 11) is 0. The molecular formula is C21H27BrN4O4. The van der Waals surface area contributed by atoms with Crippen LogP contribution in [0.3, 0.4) is 0 Å². The Morgan fingerprint density at radius 1 is 1.30 bits per heavy atom. The fourth-order valence-electron chi connectivity index (χ4n) is 4.08. The van der Waals surface area contributed by atoms with Gasteiger partial charge in [-0.1, -0.05) is 15.9 Å². The zero-order valence-corrected chi connectivity index (χ0v) is 19.3. The number of anilines is 1. The van der Waals surface area contributed by atoms with Crippen molar-refractivity contribution < 1.29 is 19.1 Å². The molecule has 3 aliphatic heterocycles. The number of hydrogen-bond donors (Lipinski definition) is 1. The second kappa shape index (κ2) is 7.76. The van der Waals surface area contributed by atoms with Crippen molar-refractivity contribution in [1.82, 2.24) is 10.3 Å². The van der Waals surface area contributed by atoms with Crippen LogP contribution in [0.1, 0.15) is 52.0 Å². The molecule has 1 atom stereocenters. The SMILES string of the molecule is C[C@@H]1C(=O)NN=C2COc3cc(Br)c(C4CCN(C(=O)OC(C)(C)C)CC4)cc3N21. The molecule has 0 unspecified atom stereocenters. The van der Waals surface area contributed by atoms with E-state index in [-0.39, 0.29) is 18.0 Å². The Morgan fingerprint density at radius 3 is 2.67 bits per heavy atom. The minimum Gasteiger partial charge on any atom is -0.483 e. The minimum atomic E-state index is -0.494. The standard InChI is InChI=1S/C21H27BrN4O4/c1-12-19(27)24-23-18-11-29-17-10-15(22)14(9-16(17)26(12)18)13-5-7-25(8-6-13)20(28)30-21(2,3)4/h9-10,12-13H,5-8,11H2,1-4H3,(H,24,27)/t12-/m1/s1. The molecule has 1 saturated heterocycles. The maximum Gasteiger partial charge on any atom is 0.410 e. The molecule has 0 spiro atoms. The summed E-state index contributed by atoms with van der Waals surface area (Å²) in [6.45, 7) is 9.11. The van der Waals surface area contributed by atoms with Crippen LogP contribution in [0.15, 0.2) is 21.7 Å². The van der Waals surface area contributed by atoms with Gasteiger partial charge in [0.05, 0.1) is 5.69 Å². The normalized spacial score (nSPS) is 21.8. The van der Waals surface area contributed by atoms with Gasteiger partial charge in [0.15, 0.2) is 5.84 Å². The number of benzene rings is 1. The molecule has 3 aliphatic rings. The van der Waals surface area contributed by atoms with E-state index < -0.39 is 5.60 Å². The maximum atomic E-state index is 12.4. The number of carbonyl (C=O) groups is 2. The topological polar surface area (TPSA) is 83.5 Å². The van der Waals surface area contributed by atoms with Gasteiger partial charge in [-0.15, -0.1) is 0 Å².